The first-order chi connectivity index (χ1) is 8.06. The lowest BCUT2D eigenvalue weighted by Crippen LogP contribution is -1.99. The van der Waals surface area contributed by atoms with Gasteiger partial charge in [0.1, 0.15) is 0 Å². The number of thioether (sulfide) groups is 1. The fourth-order valence-electron chi connectivity index (χ4n) is 1.24. The highest BCUT2D eigenvalue weighted by Gasteiger charge is 2.16. The van der Waals surface area contributed by atoms with E-state index >= 15 is 0 Å². The molecule has 0 saturated carbocycles. The van der Waals surface area contributed by atoms with E-state index < -0.39 is 10.9 Å². The van der Waals surface area contributed by atoms with E-state index in [1.54, 1.807) is 0 Å². The third kappa shape index (κ3) is 3.74. The van der Waals surface area contributed by atoms with Gasteiger partial charge in [-0.05, 0) is 24.3 Å². The Hall–Kier alpha value is -1.56. The van der Waals surface area contributed by atoms with Crippen molar-refractivity contribution >= 4 is 23.4 Å². The number of unbranched alkanes of at least 4 members (excludes halogenated alkanes) is 1. The molecule has 0 aliphatic carbocycles. The van der Waals surface area contributed by atoms with Gasteiger partial charge in [0, 0.05) is 6.07 Å². The number of hydrogen-bond donors (Lipinski definition) is 1. The van der Waals surface area contributed by atoms with Gasteiger partial charge in [-0.15, -0.1) is 11.8 Å². The van der Waals surface area contributed by atoms with E-state index in [1.165, 1.54) is 30.0 Å². The van der Waals surface area contributed by atoms with E-state index in [1.807, 2.05) is 6.92 Å². The average Bonchev–Trinajstić information content (AvgIpc) is 2.28. The maximum absolute atomic E-state index is 10.8. The molecule has 1 aromatic rings. The van der Waals surface area contributed by atoms with Crippen molar-refractivity contribution in [2.24, 2.45) is 0 Å². The minimum Gasteiger partial charge on any atom is -0.478 e. The second-order valence-electron chi connectivity index (χ2n) is 3.45. The van der Waals surface area contributed by atoms with Crippen molar-refractivity contribution in [2.75, 3.05) is 5.75 Å². The van der Waals surface area contributed by atoms with Crippen LogP contribution in [0.15, 0.2) is 23.1 Å². The summed E-state index contributed by atoms with van der Waals surface area (Å²) in [4.78, 5) is 21.5. The molecule has 0 unspecified atom stereocenters. The lowest BCUT2D eigenvalue weighted by Gasteiger charge is -2.03. The Morgan fingerprint density at radius 1 is 1.53 bits per heavy atom. The van der Waals surface area contributed by atoms with Gasteiger partial charge in [0.2, 0.25) is 0 Å². The van der Waals surface area contributed by atoms with E-state index in [2.05, 4.69) is 0 Å². The van der Waals surface area contributed by atoms with Crippen LogP contribution in [0.1, 0.15) is 30.1 Å². The molecular weight excluding hydrogens is 242 g/mol. The maximum atomic E-state index is 10.8. The molecule has 0 aliphatic rings. The third-order valence-corrected chi connectivity index (χ3v) is 3.29. The number of hydrogen-bond acceptors (Lipinski definition) is 4. The van der Waals surface area contributed by atoms with Crippen LogP contribution >= 0.6 is 11.8 Å². The van der Waals surface area contributed by atoms with E-state index in [0.29, 0.717) is 4.90 Å². The summed E-state index contributed by atoms with van der Waals surface area (Å²) in [6.07, 6.45) is 1.94. The molecule has 0 atom stereocenters. The number of aromatic carboxylic acids is 1. The van der Waals surface area contributed by atoms with Crippen LogP contribution in [0, 0.1) is 10.1 Å². The van der Waals surface area contributed by atoms with Crippen LogP contribution in [-0.2, 0) is 0 Å². The molecule has 0 saturated heterocycles. The highest BCUT2D eigenvalue weighted by molar-refractivity contribution is 7.99. The largest absolute Gasteiger partial charge is 0.478 e. The third-order valence-electron chi connectivity index (χ3n) is 2.16. The first kappa shape index (κ1) is 13.5. The monoisotopic (exact) mass is 255 g/mol. The van der Waals surface area contributed by atoms with Crippen molar-refractivity contribution in [3.05, 3.63) is 33.9 Å². The SMILES string of the molecule is CCCCSc1cc(C(=O)O)ccc1[N+](=O)[O-]. The van der Waals surface area contributed by atoms with Crippen molar-refractivity contribution in [3.8, 4) is 0 Å². The molecule has 1 aromatic carbocycles. The minimum absolute atomic E-state index is 0.0314. The summed E-state index contributed by atoms with van der Waals surface area (Å²) in [5, 5.41) is 19.6. The van der Waals surface area contributed by atoms with Crippen LogP contribution < -0.4 is 0 Å². The van der Waals surface area contributed by atoms with Gasteiger partial charge >= 0.3 is 5.97 Å². The predicted molar refractivity (Wildman–Crippen MR) is 65.7 cm³/mol. The topological polar surface area (TPSA) is 80.4 Å². The number of carboxylic acids is 1. The Balaban J connectivity index is 2.98. The molecule has 0 aliphatic heterocycles. The number of rotatable bonds is 6. The molecule has 92 valence electrons. The summed E-state index contributed by atoms with van der Waals surface area (Å²) in [5.74, 6) is -0.322. The molecule has 1 N–H and O–H groups in total. The second-order valence-corrected chi connectivity index (χ2v) is 4.58. The van der Waals surface area contributed by atoms with Crippen LogP contribution in [0.5, 0.6) is 0 Å². The van der Waals surface area contributed by atoms with Crippen LogP contribution in [-0.4, -0.2) is 21.8 Å². The summed E-state index contributed by atoms with van der Waals surface area (Å²) >= 11 is 1.33. The maximum Gasteiger partial charge on any atom is 0.335 e. The van der Waals surface area contributed by atoms with Crippen LogP contribution in [0.2, 0.25) is 0 Å². The molecule has 0 fully saturated rings. The van der Waals surface area contributed by atoms with E-state index in [4.69, 9.17) is 5.11 Å². The number of carboxylic acid groups (broad SMARTS) is 1. The summed E-state index contributed by atoms with van der Waals surface area (Å²) in [6.45, 7) is 2.03. The number of nitro groups is 1. The average molecular weight is 255 g/mol. The Kier molecular flexibility index (Phi) is 4.96. The number of carbonyl (C=O) groups is 1. The number of nitrogens with zero attached hydrogens (tertiary/aromatic N) is 1. The minimum atomic E-state index is -1.07. The van der Waals surface area contributed by atoms with Gasteiger partial charge < -0.3 is 5.11 Å². The Morgan fingerprint density at radius 2 is 2.24 bits per heavy atom. The van der Waals surface area contributed by atoms with Crippen LogP contribution in [0.4, 0.5) is 5.69 Å². The van der Waals surface area contributed by atoms with Gasteiger partial charge in [-0.3, -0.25) is 10.1 Å². The highest BCUT2D eigenvalue weighted by atomic mass is 32.2. The molecule has 17 heavy (non-hydrogen) atoms. The molecule has 0 radical (unpaired) electrons. The summed E-state index contributed by atoms with van der Waals surface area (Å²) in [6, 6.07) is 3.86. The highest BCUT2D eigenvalue weighted by Crippen LogP contribution is 2.30. The zero-order valence-electron chi connectivity index (χ0n) is 9.38. The molecule has 0 bridgehead atoms. The van der Waals surface area contributed by atoms with Crippen molar-refractivity contribution in [2.45, 2.75) is 24.7 Å². The first-order valence-corrected chi connectivity index (χ1v) is 6.19. The van der Waals surface area contributed by atoms with Crippen molar-refractivity contribution in [1.82, 2.24) is 0 Å². The first-order valence-electron chi connectivity index (χ1n) is 5.20. The van der Waals surface area contributed by atoms with Gasteiger partial charge in [-0.25, -0.2) is 4.79 Å². The molecule has 1 rings (SSSR count). The zero-order chi connectivity index (χ0) is 12.8. The van der Waals surface area contributed by atoms with E-state index in [0.717, 1.165) is 18.6 Å². The van der Waals surface area contributed by atoms with E-state index in [9.17, 15) is 14.9 Å². The fraction of sp³-hybridized carbons (Fsp3) is 0.364. The standard InChI is InChI=1S/C11H13NO4S/c1-2-3-6-17-10-7-8(11(13)14)4-5-9(10)12(15)16/h4-5,7H,2-3,6H2,1H3,(H,13,14). The molecular formula is C11H13NO4S. The quantitative estimate of drug-likeness (QED) is 0.365. The Morgan fingerprint density at radius 3 is 2.76 bits per heavy atom. The molecule has 0 heterocycles. The van der Waals surface area contributed by atoms with Gasteiger partial charge in [0.15, 0.2) is 0 Å². The number of benzene rings is 1. The second kappa shape index (κ2) is 6.24. The van der Waals surface area contributed by atoms with Crippen molar-refractivity contribution in [1.29, 1.82) is 0 Å². The van der Waals surface area contributed by atoms with Gasteiger partial charge in [0.05, 0.1) is 15.4 Å². The molecule has 6 heteroatoms. The molecule has 0 aromatic heterocycles. The van der Waals surface area contributed by atoms with Gasteiger partial charge in [0.25, 0.3) is 5.69 Å². The van der Waals surface area contributed by atoms with Crippen molar-refractivity contribution < 1.29 is 14.8 Å². The molecule has 5 nitrogen and oxygen atoms in total. The number of nitro benzene ring substituents is 1. The van der Waals surface area contributed by atoms with E-state index in [-0.39, 0.29) is 11.3 Å². The Bertz CT molecular complexity index is 433. The fourth-order valence-corrected chi connectivity index (χ4v) is 2.39. The molecule has 0 amide bonds. The van der Waals surface area contributed by atoms with Gasteiger partial charge in [-0.2, -0.15) is 0 Å². The molecule has 0 spiro atoms. The lowest BCUT2D eigenvalue weighted by molar-refractivity contribution is -0.387. The lowest BCUT2D eigenvalue weighted by atomic mass is 10.2. The summed E-state index contributed by atoms with van der Waals surface area (Å²) < 4.78 is 0. The van der Waals surface area contributed by atoms with Crippen molar-refractivity contribution in [3.63, 3.8) is 0 Å². The summed E-state index contributed by atoms with van der Waals surface area (Å²) in [7, 11) is 0. The smallest absolute Gasteiger partial charge is 0.335 e. The van der Waals surface area contributed by atoms with Crippen LogP contribution in [0.3, 0.4) is 0 Å². The zero-order valence-corrected chi connectivity index (χ0v) is 10.2. The Labute approximate surface area is 103 Å². The van der Waals surface area contributed by atoms with Crippen LogP contribution in [0.25, 0.3) is 0 Å². The van der Waals surface area contributed by atoms with Gasteiger partial charge in [-0.1, -0.05) is 13.3 Å². The summed E-state index contributed by atoms with van der Waals surface area (Å²) in [5.41, 5.74) is 0.0469. The normalized spacial score (nSPS) is 10.2. The predicted octanol–water partition coefficient (Wildman–Crippen LogP) is 3.19.